The number of nitrogens with two attached hydrogens (primary N) is 1. The van der Waals surface area contributed by atoms with E-state index >= 15 is 0 Å². The lowest BCUT2D eigenvalue weighted by Gasteiger charge is -2.13. The van der Waals surface area contributed by atoms with E-state index < -0.39 is 0 Å². The largest absolute Gasteiger partial charge is 0.320 e. The smallest absolute Gasteiger partial charge is 0.0731 e. The fourth-order valence-electron chi connectivity index (χ4n) is 1.74. The average molecular weight is 331 g/mol. The Hall–Kier alpha value is -0.350. The summed E-state index contributed by atoms with van der Waals surface area (Å²) in [5, 5.41) is 0.730. The van der Waals surface area contributed by atoms with Crippen LogP contribution in [0.2, 0.25) is 5.02 Å². The van der Waals surface area contributed by atoms with Gasteiger partial charge in [-0.25, -0.2) is 0 Å². The van der Waals surface area contributed by atoms with Crippen molar-refractivity contribution in [2.45, 2.75) is 19.9 Å². The van der Waals surface area contributed by atoms with Gasteiger partial charge in [0.05, 0.1) is 9.83 Å². The number of aryl methyl sites for hydroxylation is 2. The maximum atomic E-state index is 6.30. The van der Waals surface area contributed by atoms with Gasteiger partial charge in [-0.1, -0.05) is 17.7 Å². The van der Waals surface area contributed by atoms with Crippen LogP contribution in [0.4, 0.5) is 0 Å². The van der Waals surface area contributed by atoms with Crippen molar-refractivity contribution in [3.63, 3.8) is 0 Å². The summed E-state index contributed by atoms with van der Waals surface area (Å²) in [6.07, 6.45) is 0. The summed E-state index contributed by atoms with van der Waals surface area (Å²) in [7, 11) is 0. The van der Waals surface area contributed by atoms with Crippen LogP contribution in [-0.2, 0) is 0 Å². The predicted octanol–water partition coefficient (Wildman–Crippen LogP) is 4.83. The molecule has 0 aliphatic heterocycles. The first-order chi connectivity index (χ1) is 7.99. The first-order valence-corrected chi connectivity index (χ1v) is 7.25. The van der Waals surface area contributed by atoms with E-state index in [1.165, 1.54) is 11.1 Å². The third-order valence-electron chi connectivity index (χ3n) is 2.76. The minimum Gasteiger partial charge on any atom is -0.320 e. The molecule has 1 unspecified atom stereocenters. The summed E-state index contributed by atoms with van der Waals surface area (Å²) in [5.74, 6) is 0. The molecule has 1 heterocycles. The van der Waals surface area contributed by atoms with Gasteiger partial charge >= 0.3 is 0 Å². The Morgan fingerprint density at radius 3 is 2.53 bits per heavy atom. The molecule has 17 heavy (non-hydrogen) atoms. The van der Waals surface area contributed by atoms with Crippen molar-refractivity contribution in [1.29, 1.82) is 0 Å². The molecule has 0 bridgehead atoms. The molecule has 0 fully saturated rings. The molecule has 2 N–H and O–H groups in total. The zero-order valence-electron chi connectivity index (χ0n) is 9.63. The maximum absolute atomic E-state index is 6.30. The molecule has 2 aromatic rings. The van der Waals surface area contributed by atoms with Crippen molar-refractivity contribution < 1.29 is 0 Å². The van der Waals surface area contributed by atoms with Crippen LogP contribution in [0.15, 0.2) is 28.1 Å². The van der Waals surface area contributed by atoms with Crippen LogP contribution < -0.4 is 5.73 Å². The second-order valence-corrected chi connectivity index (χ2v) is 6.92. The average Bonchev–Trinajstić information content (AvgIpc) is 2.62. The zero-order valence-corrected chi connectivity index (χ0v) is 12.8. The van der Waals surface area contributed by atoms with Crippen molar-refractivity contribution in [3.05, 3.63) is 54.6 Å². The van der Waals surface area contributed by atoms with Crippen molar-refractivity contribution in [2.75, 3.05) is 0 Å². The normalized spacial score (nSPS) is 12.8. The highest BCUT2D eigenvalue weighted by Crippen LogP contribution is 2.34. The zero-order chi connectivity index (χ0) is 12.6. The molecule has 1 aromatic carbocycles. The van der Waals surface area contributed by atoms with Gasteiger partial charge in [-0.3, -0.25) is 0 Å². The lowest BCUT2D eigenvalue weighted by molar-refractivity contribution is 0.882. The highest BCUT2D eigenvalue weighted by atomic mass is 79.9. The van der Waals surface area contributed by atoms with Crippen LogP contribution >= 0.6 is 38.9 Å². The molecule has 0 saturated carbocycles. The molecule has 0 amide bonds. The summed E-state index contributed by atoms with van der Waals surface area (Å²) < 4.78 is 1.14. The van der Waals surface area contributed by atoms with Gasteiger partial charge in [-0.05, 0) is 64.7 Å². The standard InChI is InChI=1S/C13H13BrClNS/c1-7-3-4-9(15)6-10(7)12(16)11-5-8(2)13(14)17-11/h3-6,12H,16H2,1-2H3. The summed E-state index contributed by atoms with van der Waals surface area (Å²) >= 11 is 11.2. The number of thiophene rings is 1. The number of hydrogen-bond donors (Lipinski definition) is 1. The van der Waals surface area contributed by atoms with E-state index in [9.17, 15) is 0 Å². The van der Waals surface area contributed by atoms with Gasteiger partial charge in [-0.15, -0.1) is 11.3 Å². The van der Waals surface area contributed by atoms with E-state index in [2.05, 4.69) is 35.8 Å². The predicted molar refractivity (Wildman–Crippen MR) is 79.0 cm³/mol. The Morgan fingerprint density at radius 1 is 1.24 bits per heavy atom. The highest BCUT2D eigenvalue weighted by Gasteiger charge is 2.15. The number of halogens is 2. The van der Waals surface area contributed by atoms with Crippen LogP contribution in [0.5, 0.6) is 0 Å². The second-order valence-electron chi connectivity index (χ2n) is 4.08. The lowest BCUT2D eigenvalue weighted by atomic mass is 10.0. The molecule has 0 aliphatic carbocycles. The molecular formula is C13H13BrClNS. The SMILES string of the molecule is Cc1ccc(Cl)cc1C(N)c1cc(C)c(Br)s1. The molecule has 0 aliphatic rings. The monoisotopic (exact) mass is 329 g/mol. The third-order valence-corrected chi connectivity index (χ3v) is 5.21. The van der Waals surface area contributed by atoms with Crippen molar-refractivity contribution in [3.8, 4) is 0 Å². The molecule has 0 radical (unpaired) electrons. The van der Waals surface area contributed by atoms with Gasteiger partial charge < -0.3 is 5.73 Å². The van der Waals surface area contributed by atoms with Crippen LogP contribution in [0.1, 0.15) is 27.6 Å². The first-order valence-electron chi connectivity index (χ1n) is 5.26. The molecule has 2 rings (SSSR count). The van der Waals surface area contributed by atoms with Crippen LogP contribution in [0.25, 0.3) is 0 Å². The van der Waals surface area contributed by atoms with E-state index in [4.69, 9.17) is 17.3 Å². The summed E-state index contributed by atoms with van der Waals surface area (Å²) in [4.78, 5) is 1.15. The Kier molecular flexibility index (Phi) is 3.93. The van der Waals surface area contributed by atoms with Gasteiger partial charge in [-0.2, -0.15) is 0 Å². The van der Waals surface area contributed by atoms with Crippen molar-refractivity contribution in [1.82, 2.24) is 0 Å². The van der Waals surface area contributed by atoms with E-state index in [0.29, 0.717) is 0 Å². The maximum Gasteiger partial charge on any atom is 0.0731 e. The fraction of sp³-hybridized carbons (Fsp3) is 0.231. The van der Waals surface area contributed by atoms with Crippen LogP contribution in [0.3, 0.4) is 0 Å². The molecule has 1 atom stereocenters. The Bertz CT molecular complexity index is 531. The topological polar surface area (TPSA) is 26.0 Å². The van der Waals surface area contributed by atoms with E-state index in [1.807, 2.05) is 18.2 Å². The Morgan fingerprint density at radius 2 is 1.94 bits per heavy atom. The number of hydrogen-bond acceptors (Lipinski definition) is 2. The summed E-state index contributed by atoms with van der Waals surface area (Å²) in [6.45, 7) is 4.13. The van der Waals surface area contributed by atoms with Gasteiger partial charge in [0, 0.05) is 9.90 Å². The van der Waals surface area contributed by atoms with Gasteiger partial charge in [0.25, 0.3) is 0 Å². The molecule has 0 saturated heterocycles. The van der Waals surface area contributed by atoms with Crippen LogP contribution in [-0.4, -0.2) is 0 Å². The van der Waals surface area contributed by atoms with Crippen LogP contribution in [0, 0.1) is 13.8 Å². The van der Waals surface area contributed by atoms with Gasteiger partial charge in [0.1, 0.15) is 0 Å². The van der Waals surface area contributed by atoms with Gasteiger partial charge in [0.2, 0.25) is 0 Å². The molecule has 0 spiro atoms. The Labute approximate surface area is 119 Å². The molecule has 90 valence electrons. The van der Waals surface area contributed by atoms with E-state index in [-0.39, 0.29) is 6.04 Å². The second kappa shape index (κ2) is 5.11. The van der Waals surface area contributed by atoms with Gasteiger partial charge in [0.15, 0.2) is 0 Å². The molecular weight excluding hydrogens is 318 g/mol. The fourth-order valence-corrected chi connectivity index (χ4v) is 3.51. The molecule has 1 nitrogen and oxygen atoms in total. The Balaban J connectivity index is 2.42. The van der Waals surface area contributed by atoms with E-state index in [0.717, 1.165) is 19.2 Å². The van der Waals surface area contributed by atoms with Crippen molar-refractivity contribution in [2.24, 2.45) is 5.73 Å². The highest BCUT2D eigenvalue weighted by molar-refractivity contribution is 9.11. The minimum atomic E-state index is -0.108. The summed E-state index contributed by atoms with van der Waals surface area (Å²) in [6, 6.07) is 7.86. The third kappa shape index (κ3) is 2.74. The molecule has 4 heteroatoms. The summed E-state index contributed by atoms with van der Waals surface area (Å²) in [5.41, 5.74) is 9.78. The quantitative estimate of drug-likeness (QED) is 0.838. The first kappa shape index (κ1) is 13.1. The minimum absolute atomic E-state index is 0.108. The van der Waals surface area contributed by atoms with Crippen molar-refractivity contribution >= 4 is 38.9 Å². The number of rotatable bonds is 2. The molecule has 1 aromatic heterocycles. The van der Waals surface area contributed by atoms with E-state index in [1.54, 1.807) is 11.3 Å². The lowest BCUT2D eigenvalue weighted by Crippen LogP contribution is -2.11. The number of benzene rings is 1.